The smallest absolute Gasteiger partial charge is 0.312 e. The van der Waals surface area contributed by atoms with Crippen LogP contribution >= 0.6 is 0 Å². The minimum atomic E-state index is -0.417. The summed E-state index contributed by atoms with van der Waals surface area (Å²) in [7, 11) is 1.34. The monoisotopic (exact) mass is 202 g/mol. The molecule has 4 nitrogen and oxygen atoms in total. The van der Waals surface area contributed by atoms with Crippen LogP contribution in [0, 0.1) is 5.92 Å². The lowest BCUT2D eigenvalue weighted by atomic mass is 9.98. The molecular formula is C10H18O4. The Labute approximate surface area is 84.6 Å². The first-order valence-electron chi connectivity index (χ1n) is 4.78. The van der Waals surface area contributed by atoms with Gasteiger partial charge in [-0.25, -0.2) is 0 Å². The predicted octanol–water partition coefficient (Wildman–Crippen LogP) is 1.53. The van der Waals surface area contributed by atoms with Crippen molar-refractivity contribution in [1.29, 1.82) is 0 Å². The van der Waals surface area contributed by atoms with Gasteiger partial charge in [0.15, 0.2) is 0 Å². The summed E-state index contributed by atoms with van der Waals surface area (Å²) in [4.78, 5) is 22.0. The third kappa shape index (κ3) is 4.25. The van der Waals surface area contributed by atoms with Crippen molar-refractivity contribution in [3.63, 3.8) is 0 Å². The largest absolute Gasteiger partial charge is 0.469 e. The van der Waals surface area contributed by atoms with Crippen LogP contribution in [-0.4, -0.2) is 25.2 Å². The molecule has 0 radical (unpaired) electrons. The van der Waals surface area contributed by atoms with Crippen molar-refractivity contribution < 1.29 is 19.1 Å². The lowest BCUT2D eigenvalue weighted by Crippen LogP contribution is -2.30. The molecule has 0 aliphatic rings. The Bertz CT molecular complexity index is 200. The third-order valence-electron chi connectivity index (χ3n) is 2.02. The number of hydrogen-bond donors (Lipinski definition) is 0. The number of rotatable bonds is 5. The molecule has 0 aromatic heterocycles. The van der Waals surface area contributed by atoms with Gasteiger partial charge in [0, 0.05) is 6.92 Å². The maximum atomic E-state index is 11.3. The van der Waals surface area contributed by atoms with Crippen molar-refractivity contribution in [2.75, 3.05) is 7.11 Å². The quantitative estimate of drug-likeness (QED) is 0.634. The molecule has 0 aromatic rings. The zero-order valence-corrected chi connectivity index (χ0v) is 9.20. The van der Waals surface area contributed by atoms with Crippen molar-refractivity contribution >= 4 is 11.9 Å². The van der Waals surface area contributed by atoms with Crippen molar-refractivity contribution in [1.82, 2.24) is 0 Å². The Kier molecular flexibility index (Phi) is 5.92. The van der Waals surface area contributed by atoms with Gasteiger partial charge in [0.1, 0.15) is 6.10 Å². The maximum Gasteiger partial charge on any atom is 0.312 e. The molecule has 0 fully saturated rings. The fourth-order valence-corrected chi connectivity index (χ4v) is 1.35. The first-order valence-corrected chi connectivity index (χ1v) is 4.78. The van der Waals surface area contributed by atoms with Gasteiger partial charge in [-0.1, -0.05) is 13.3 Å². The van der Waals surface area contributed by atoms with E-state index in [2.05, 4.69) is 4.74 Å². The summed E-state index contributed by atoms with van der Waals surface area (Å²) in [6.07, 6.45) is 1.10. The summed E-state index contributed by atoms with van der Waals surface area (Å²) in [6, 6.07) is 0. The normalized spacial score (nSPS) is 14.3. The van der Waals surface area contributed by atoms with Crippen LogP contribution in [-0.2, 0) is 19.1 Å². The lowest BCUT2D eigenvalue weighted by molar-refractivity contribution is -0.158. The molecule has 0 amide bonds. The molecule has 0 bridgehead atoms. The highest BCUT2D eigenvalue weighted by Crippen LogP contribution is 2.16. The van der Waals surface area contributed by atoms with Gasteiger partial charge in [-0.05, 0) is 13.3 Å². The molecule has 0 heterocycles. The van der Waals surface area contributed by atoms with Gasteiger partial charge in [-0.15, -0.1) is 0 Å². The van der Waals surface area contributed by atoms with Crippen molar-refractivity contribution in [3.05, 3.63) is 0 Å². The highest BCUT2D eigenvalue weighted by Gasteiger charge is 2.27. The molecule has 0 saturated carbocycles. The molecule has 14 heavy (non-hydrogen) atoms. The van der Waals surface area contributed by atoms with Gasteiger partial charge in [0.2, 0.25) is 0 Å². The second-order valence-corrected chi connectivity index (χ2v) is 3.23. The number of ether oxygens (including phenoxy) is 2. The number of hydrogen-bond acceptors (Lipinski definition) is 4. The van der Waals surface area contributed by atoms with Crippen LogP contribution in [0.25, 0.3) is 0 Å². The van der Waals surface area contributed by atoms with E-state index >= 15 is 0 Å². The molecule has 82 valence electrons. The first kappa shape index (κ1) is 12.9. The van der Waals surface area contributed by atoms with Gasteiger partial charge in [0.05, 0.1) is 13.0 Å². The second-order valence-electron chi connectivity index (χ2n) is 3.23. The molecule has 4 heteroatoms. The van der Waals surface area contributed by atoms with Crippen LogP contribution in [0.1, 0.15) is 33.6 Å². The summed E-state index contributed by atoms with van der Waals surface area (Å²) in [5, 5.41) is 0. The SMILES string of the molecule is CCCC(C(=O)OC)C(C)OC(C)=O. The zero-order valence-electron chi connectivity index (χ0n) is 9.20. The van der Waals surface area contributed by atoms with E-state index in [1.54, 1.807) is 6.92 Å². The Morgan fingerprint density at radius 3 is 2.29 bits per heavy atom. The average Bonchev–Trinajstić information content (AvgIpc) is 2.11. The topological polar surface area (TPSA) is 52.6 Å². The third-order valence-corrected chi connectivity index (χ3v) is 2.02. The van der Waals surface area contributed by atoms with Gasteiger partial charge in [0.25, 0.3) is 0 Å². The summed E-state index contributed by atoms with van der Waals surface area (Å²) in [5.74, 6) is -1.04. The fraction of sp³-hybridized carbons (Fsp3) is 0.800. The van der Waals surface area contributed by atoms with E-state index in [9.17, 15) is 9.59 Å². The zero-order chi connectivity index (χ0) is 11.1. The summed E-state index contributed by atoms with van der Waals surface area (Å²) in [6.45, 7) is 5.01. The molecule has 2 unspecified atom stereocenters. The van der Waals surface area contributed by atoms with E-state index in [1.165, 1.54) is 14.0 Å². The second kappa shape index (κ2) is 6.40. The minimum absolute atomic E-state index is 0.319. The number of esters is 2. The standard InChI is InChI=1S/C10H18O4/c1-5-6-9(10(12)13-4)7(2)14-8(3)11/h7,9H,5-6H2,1-4H3. The Hall–Kier alpha value is -1.06. The first-order chi connectivity index (χ1) is 6.52. The van der Waals surface area contributed by atoms with Gasteiger partial charge in [-0.3, -0.25) is 9.59 Å². The van der Waals surface area contributed by atoms with E-state index in [0.717, 1.165) is 6.42 Å². The molecule has 2 atom stereocenters. The lowest BCUT2D eigenvalue weighted by Gasteiger charge is -2.20. The van der Waals surface area contributed by atoms with E-state index in [-0.39, 0.29) is 17.9 Å². The van der Waals surface area contributed by atoms with Crippen LogP contribution in [0.4, 0.5) is 0 Å². The number of methoxy groups -OCH3 is 1. The highest BCUT2D eigenvalue weighted by molar-refractivity contribution is 5.74. The summed E-state index contributed by atoms with van der Waals surface area (Å²) >= 11 is 0. The maximum absolute atomic E-state index is 11.3. The van der Waals surface area contributed by atoms with Crippen LogP contribution in [0.2, 0.25) is 0 Å². The molecule has 0 aliphatic heterocycles. The van der Waals surface area contributed by atoms with Gasteiger partial charge >= 0.3 is 11.9 Å². The molecule has 0 aliphatic carbocycles. The Balaban J connectivity index is 4.31. The van der Waals surface area contributed by atoms with E-state index in [1.807, 2.05) is 6.92 Å². The van der Waals surface area contributed by atoms with Gasteiger partial charge < -0.3 is 9.47 Å². The van der Waals surface area contributed by atoms with Crippen molar-refractivity contribution in [2.45, 2.75) is 39.7 Å². The number of carbonyl (C=O) groups is 2. The van der Waals surface area contributed by atoms with E-state index < -0.39 is 6.10 Å². The molecule has 0 N–H and O–H groups in total. The summed E-state index contributed by atoms with van der Waals surface area (Å²) in [5.41, 5.74) is 0. The Morgan fingerprint density at radius 1 is 1.36 bits per heavy atom. The average molecular weight is 202 g/mol. The molecule has 0 spiro atoms. The molecule has 0 aromatic carbocycles. The molecular weight excluding hydrogens is 184 g/mol. The van der Waals surface area contributed by atoms with Crippen LogP contribution in [0.15, 0.2) is 0 Å². The van der Waals surface area contributed by atoms with Crippen LogP contribution in [0.5, 0.6) is 0 Å². The minimum Gasteiger partial charge on any atom is -0.469 e. The van der Waals surface area contributed by atoms with Crippen LogP contribution < -0.4 is 0 Å². The molecule has 0 rings (SSSR count). The van der Waals surface area contributed by atoms with Gasteiger partial charge in [-0.2, -0.15) is 0 Å². The van der Waals surface area contributed by atoms with E-state index in [0.29, 0.717) is 6.42 Å². The van der Waals surface area contributed by atoms with Crippen molar-refractivity contribution in [3.8, 4) is 0 Å². The van der Waals surface area contributed by atoms with Crippen molar-refractivity contribution in [2.24, 2.45) is 5.92 Å². The predicted molar refractivity (Wildman–Crippen MR) is 51.6 cm³/mol. The molecule has 0 saturated heterocycles. The fourth-order valence-electron chi connectivity index (χ4n) is 1.35. The highest BCUT2D eigenvalue weighted by atomic mass is 16.6. The Morgan fingerprint density at radius 2 is 1.93 bits per heavy atom. The summed E-state index contributed by atoms with van der Waals surface area (Å²) < 4.78 is 9.59. The van der Waals surface area contributed by atoms with Crippen LogP contribution in [0.3, 0.4) is 0 Å². The number of carbonyl (C=O) groups excluding carboxylic acids is 2. The van der Waals surface area contributed by atoms with E-state index in [4.69, 9.17) is 4.74 Å².